The summed E-state index contributed by atoms with van der Waals surface area (Å²) in [5.74, 6) is 1.10. The first kappa shape index (κ1) is 15.6. The van der Waals surface area contributed by atoms with Crippen LogP contribution in [0.15, 0.2) is 47.6 Å². The summed E-state index contributed by atoms with van der Waals surface area (Å²) in [6.45, 7) is 4.99. The van der Waals surface area contributed by atoms with Gasteiger partial charge in [0, 0.05) is 18.9 Å². The molecule has 0 saturated heterocycles. The molecule has 6 heteroatoms. The summed E-state index contributed by atoms with van der Waals surface area (Å²) in [5.41, 5.74) is 0.885. The maximum Gasteiger partial charge on any atom is 0.240 e. The molecular weight excluding hydrogens is 288 g/mol. The van der Waals surface area contributed by atoms with E-state index in [0.717, 1.165) is 5.56 Å². The van der Waals surface area contributed by atoms with Gasteiger partial charge in [-0.15, -0.1) is 0 Å². The number of aromatic amines is 1. The van der Waals surface area contributed by atoms with Gasteiger partial charge in [0.25, 0.3) is 0 Å². The number of aromatic nitrogens is 1. The molecule has 2 aromatic rings. The minimum atomic E-state index is -3.50. The Morgan fingerprint density at radius 2 is 1.90 bits per heavy atom. The molecule has 21 heavy (non-hydrogen) atoms. The molecule has 5 nitrogen and oxygen atoms in total. The molecule has 0 atom stereocenters. The average Bonchev–Trinajstić information content (AvgIpc) is 2.97. The van der Waals surface area contributed by atoms with E-state index in [9.17, 15) is 8.42 Å². The molecule has 0 fully saturated rings. The molecule has 0 saturated carbocycles. The summed E-state index contributed by atoms with van der Waals surface area (Å²) in [5, 5.41) is 0. The molecule has 0 unspecified atom stereocenters. The Labute approximate surface area is 125 Å². The molecule has 114 valence electrons. The summed E-state index contributed by atoms with van der Waals surface area (Å²) in [6, 6.07) is 8.27. The Hall–Kier alpha value is -1.79. The van der Waals surface area contributed by atoms with Gasteiger partial charge in [0.15, 0.2) is 0 Å². The van der Waals surface area contributed by atoms with Gasteiger partial charge < -0.3 is 9.72 Å². The largest absolute Gasteiger partial charge is 0.493 e. The Kier molecular flexibility index (Phi) is 5.03. The number of benzene rings is 1. The molecule has 2 rings (SSSR count). The standard InChI is InChI=1S/C15H20N2O3S/c1-12(2)11-20-14-3-5-15(6-4-14)21(18,19)17-10-13-7-8-16-9-13/h3-9,12,16-17H,10-11H2,1-2H3. The first-order chi connectivity index (χ1) is 9.97. The predicted octanol–water partition coefficient (Wildman–Crippen LogP) is 2.53. The minimum absolute atomic E-state index is 0.231. The van der Waals surface area contributed by atoms with Crippen molar-refractivity contribution in [2.75, 3.05) is 6.61 Å². The Bertz CT molecular complexity index is 647. The normalized spacial score (nSPS) is 11.8. The van der Waals surface area contributed by atoms with Gasteiger partial charge in [0.2, 0.25) is 10.0 Å². The number of rotatable bonds is 7. The number of hydrogen-bond acceptors (Lipinski definition) is 3. The fraction of sp³-hybridized carbons (Fsp3) is 0.333. The first-order valence-corrected chi connectivity index (χ1v) is 8.30. The van der Waals surface area contributed by atoms with Crippen molar-refractivity contribution in [3.63, 3.8) is 0 Å². The highest BCUT2D eigenvalue weighted by Crippen LogP contribution is 2.16. The molecule has 0 aliphatic carbocycles. The van der Waals surface area contributed by atoms with Crippen LogP contribution >= 0.6 is 0 Å². The van der Waals surface area contributed by atoms with Crippen molar-refractivity contribution in [1.29, 1.82) is 0 Å². The molecular formula is C15H20N2O3S. The third kappa shape index (κ3) is 4.61. The number of nitrogens with one attached hydrogen (secondary N) is 2. The summed E-state index contributed by atoms with van der Waals surface area (Å²) in [6.07, 6.45) is 3.51. The van der Waals surface area contributed by atoms with Crippen molar-refractivity contribution in [2.24, 2.45) is 5.92 Å². The highest BCUT2D eigenvalue weighted by Gasteiger charge is 2.13. The summed E-state index contributed by atoms with van der Waals surface area (Å²) in [7, 11) is -3.50. The fourth-order valence-corrected chi connectivity index (χ4v) is 2.73. The highest BCUT2D eigenvalue weighted by molar-refractivity contribution is 7.89. The maximum atomic E-state index is 12.1. The van der Waals surface area contributed by atoms with Crippen LogP contribution in [0.1, 0.15) is 19.4 Å². The van der Waals surface area contributed by atoms with Gasteiger partial charge in [-0.1, -0.05) is 13.8 Å². The number of H-pyrrole nitrogens is 1. The lowest BCUT2D eigenvalue weighted by Gasteiger charge is -2.10. The topological polar surface area (TPSA) is 71.2 Å². The van der Waals surface area contributed by atoms with Crippen LogP contribution in [0.4, 0.5) is 0 Å². The molecule has 0 aliphatic rings. The van der Waals surface area contributed by atoms with Crippen molar-refractivity contribution >= 4 is 10.0 Å². The molecule has 1 aromatic carbocycles. The van der Waals surface area contributed by atoms with Gasteiger partial charge in [-0.3, -0.25) is 0 Å². The lowest BCUT2D eigenvalue weighted by atomic mass is 10.2. The minimum Gasteiger partial charge on any atom is -0.493 e. The van der Waals surface area contributed by atoms with Gasteiger partial charge in [-0.05, 0) is 41.8 Å². The summed E-state index contributed by atoms with van der Waals surface area (Å²) < 4.78 is 32.4. The van der Waals surface area contributed by atoms with Crippen LogP contribution in [-0.4, -0.2) is 20.0 Å². The summed E-state index contributed by atoms with van der Waals surface area (Å²) in [4.78, 5) is 3.12. The van der Waals surface area contributed by atoms with E-state index in [4.69, 9.17) is 4.74 Å². The molecule has 0 aliphatic heterocycles. The lowest BCUT2D eigenvalue weighted by molar-refractivity contribution is 0.271. The molecule has 0 spiro atoms. The first-order valence-electron chi connectivity index (χ1n) is 6.81. The molecule has 1 aromatic heterocycles. The van der Waals surface area contributed by atoms with Crippen molar-refractivity contribution in [2.45, 2.75) is 25.3 Å². The zero-order valence-electron chi connectivity index (χ0n) is 12.2. The smallest absolute Gasteiger partial charge is 0.240 e. The zero-order valence-corrected chi connectivity index (χ0v) is 13.0. The van der Waals surface area contributed by atoms with Crippen LogP contribution in [0.3, 0.4) is 0 Å². The SMILES string of the molecule is CC(C)COc1ccc(S(=O)(=O)NCc2cc[nH]c2)cc1. The Balaban J connectivity index is 1.99. The van der Waals surface area contributed by atoms with Gasteiger partial charge in [0.05, 0.1) is 11.5 Å². The highest BCUT2D eigenvalue weighted by atomic mass is 32.2. The van der Waals surface area contributed by atoms with E-state index in [1.54, 1.807) is 36.7 Å². The van der Waals surface area contributed by atoms with Crippen molar-refractivity contribution in [3.8, 4) is 5.75 Å². The van der Waals surface area contributed by atoms with Crippen molar-refractivity contribution in [3.05, 3.63) is 48.3 Å². The van der Waals surface area contributed by atoms with Crippen LogP contribution in [0.25, 0.3) is 0 Å². The second kappa shape index (κ2) is 6.78. The van der Waals surface area contributed by atoms with Gasteiger partial charge >= 0.3 is 0 Å². The zero-order chi connectivity index (χ0) is 15.3. The van der Waals surface area contributed by atoms with E-state index in [0.29, 0.717) is 18.3 Å². The quantitative estimate of drug-likeness (QED) is 0.825. The van der Waals surface area contributed by atoms with Crippen LogP contribution in [0.5, 0.6) is 5.75 Å². The lowest BCUT2D eigenvalue weighted by Crippen LogP contribution is -2.22. The van der Waals surface area contributed by atoms with Crippen molar-refractivity contribution < 1.29 is 13.2 Å². The predicted molar refractivity (Wildman–Crippen MR) is 81.6 cm³/mol. The Morgan fingerprint density at radius 3 is 2.48 bits per heavy atom. The molecule has 0 radical (unpaired) electrons. The van der Waals surface area contributed by atoms with Crippen LogP contribution in [0, 0.1) is 5.92 Å². The maximum absolute atomic E-state index is 12.1. The Morgan fingerprint density at radius 1 is 1.19 bits per heavy atom. The average molecular weight is 308 g/mol. The van der Waals surface area contributed by atoms with Crippen molar-refractivity contribution in [1.82, 2.24) is 9.71 Å². The number of sulfonamides is 1. The van der Waals surface area contributed by atoms with Crippen LogP contribution < -0.4 is 9.46 Å². The van der Waals surface area contributed by atoms with E-state index in [2.05, 4.69) is 23.6 Å². The molecule has 0 amide bonds. The second-order valence-corrected chi connectivity index (χ2v) is 6.99. The number of hydrogen-bond donors (Lipinski definition) is 2. The van der Waals surface area contributed by atoms with Crippen LogP contribution in [-0.2, 0) is 16.6 Å². The third-order valence-corrected chi connectivity index (χ3v) is 4.26. The molecule has 0 bridgehead atoms. The number of ether oxygens (including phenoxy) is 1. The van der Waals surface area contributed by atoms with E-state index in [1.807, 2.05) is 6.07 Å². The third-order valence-electron chi connectivity index (χ3n) is 2.85. The monoisotopic (exact) mass is 308 g/mol. The second-order valence-electron chi connectivity index (χ2n) is 5.22. The van der Waals surface area contributed by atoms with E-state index in [-0.39, 0.29) is 11.4 Å². The van der Waals surface area contributed by atoms with Gasteiger partial charge in [0.1, 0.15) is 5.75 Å². The van der Waals surface area contributed by atoms with Gasteiger partial charge in [-0.25, -0.2) is 13.1 Å². The fourth-order valence-electron chi connectivity index (χ4n) is 1.71. The van der Waals surface area contributed by atoms with E-state index in [1.165, 1.54) is 0 Å². The van der Waals surface area contributed by atoms with E-state index >= 15 is 0 Å². The van der Waals surface area contributed by atoms with Crippen LogP contribution in [0.2, 0.25) is 0 Å². The molecule has 2 N–H and O–H groups in total. The van der Waals surface area contributed by atoms with Gasteiger partial charge in [-0.2, -0.15) is 0 Å². The molecule has 1 heterocycles. The summed E-state index contributed by atoms with van der Waals surface area (Å²) >= 11 is 0. The van der Waals surface area contributed by atoms with E-state index < -0.39 is 10.0 Å².